The van der Waals surface area contributed by atoms with Crippen LogP contribution in [0.5, 0.6) is 0 Å². The Kier molecular flexibility index (Phi) is 8.28. The van der Waals surface area contributed by atoms with Crippen LogP contribution >= 0.6 is 0 Å². The first-order chi connectivity index (χ1) is 9.72. The molecule has 114 valence electrons. The van der Waals surface area contributed by atoms with Crippen LogP contribution in [0.25, 0.3) is 0 Å². The number of nitrogens with zero attached hydrogens (tertiary/aromatic N) is 2. The molecule has 0 amide bonds. The second kappa shape index (κ2) is 9.76. The van der Waals surface area contributed by atoms with Gasteiger partial charge >= 0.3 is 0 Å². The van der Waals surface area contributed by atoms with E-state index in [4.69, 9.17) is 0 Å². The molecule has 1 aromatic heterocycles. The highest BCUT2D eigenvalue weighted by Gasteiger charge is 2.13. The van der Waals surface area contributed by atoms with E-state index in [0.29, 0.717) is 6.04 Å². The molecule has 1 atom stereocenters. The van der Waals surface area contributed by atoms with Crippen molar-refractivity contribution in [2.75, 3.05) is 18.0 Å². The minimum atomic E-state index is 0.549. The van der Waals surface area contributed by atoms with Crippen LogP contribution in [0.1, 0.15) is 58.9 Å². The number of anilines is 1. The second-order valence-electron chi connectivity index (χ2n) is 5.50. The summed E-state index contributed by atoms with van der Waals surface area (Å²) in [6, 6.07) is 4.90. The lowest BCUT2D eigenvalue weighted by Crippen LogP contribution is -2.34. The Hall–Kier alpha value is -1.09. The third kappa shape index (κ3) is 5.49. The highest BCUT2D eigenvalue weighted by atomic mass is 15.2. The molecule has 0 spiro atoms. The maximum absolute atomic E-state index is 4.59. The number of pyridine rings is 1. The number of hydrogen-bond donors (Lipinski definition) is 1. The molecule has 3 nitrogen and oxygen atoms in total. The molecular formula is C17H31N3. The molecule has 0 aromatic carbocycles. The SMILES string of the molecule is CCCCN(c1cc(CNCCC)ccn1)C(C)CC. The Morgan fingerprint density at radius 3 is 2.70 bits per heavy atom. The van der Waals surface area contributed by atoms with E-state index in [1.807, 2.05) is 6.20 Å². The molecule has 1 N–H and O–H groups in total. The predicted octanol–water partition coefficient (Wildman–Crippen LogP) is 3.99. The van der Waals surface area contributed by atoms with E-state index < -0.39 is 0 Å². The van der Waals surface area contributed by atoms with Crippen LogP contribution < -0.4 is 10.2 Å². The van der Waals surface area contributed by atoms with Crippen molar-refractivity contribution in [2.24, 2.45) is 0 Å². The Bertz CT molecular complexity index is 365. The van der Waals surface area contributed by atoms with Crippen LogP contribution in [-0.4, -0.2) is 24.1 Å². The molecule has 0 saturated heterocycles. The first kappa shape index (κ1) is 17.0. The summed E-state index contributed by atoms with van der Waals surface area (Å²) in [5.41, 5.74) is 1.33. The molecule has 1 aromatic rings. The maximum Gasteiger partial charge on any atom is 0.129 e. The highest BCUT2D eigenvalue weighted by Crippen LogP contribution is 2.18. The van der Waals surface area contributed by atoms with E-state index in [1.165, 1.54) is 24.8 Å². The van der Waals surface area contributed by atoms with Gasteiger partial charge in [-0.3, -0.25) is 0 Å². The zero-order valence-electron chi connectivity index (χ0n) is 13.7. The number of rotatable bonds is 10. The summed E-state index contributed by atoms with van der Waals surface area (Å²) in [6.07, 6.45) is 6.73. The van der Waals surface area contributed by atoms with Crippen molar-refractivity contribution in [1.82, 2.24) is 10.3 Å². The summed E-state index contributed by atoms with van der Waals surface area (Å²) in [7, 11) is 0. The molecule has 20 heavy (non-hydrogen) atoms. The molecule has 0 aliphatic rings. The normalized spacial score (nSPS) is 12.4. The monoisotopic (exact) mass is 277 g/mol. The highest BCUT2D eigenvalue weighted by molar-refractivity contribution is 5.42. The smallest absolute Gasteiger partial charge is 0.129 e. The first-order valence-corrected chi connectivity index (χ1v) is 8.15. The molecule has 3 heteroatoms. The zero-order chi connectivity index (χ0) is 14.8. The number of unbranched alkanes of at least 4 members (excludes halogenated alkanes) is 1. The summed E-state index contributed by atoms with van der Waals surface area (Å²) in [4.78, 5) is 7.04. The summed E-state index contributed by atoms with van der Waals surface area (Å²) < 4.78 is 0. The first-order valence-electron chi connectivity index (χ1n) is 8.15. The number of aromatic nitrogens is 1. The predicted molar refractivity (Wildman–Crippen MR) is 88.2 cm³/mol. The van der Waals surface area contributed by atoms with Gasteiger partial charge in [-0.05, 0) is 50.4 Å². The van der Waals surface area contributed by atoms with Crippen molar-refractivity contribution < 1.29 is 0 Å². The Morgan fingerprint density at radius 1 is 1.25 bits per heavy atom. The summed E-state index contributed by atoms with van der Waals surface area (Å²) >= 11 is 0. The topological polar surface area (TPSA) is 28.2 Å². The van der Waals surface area contributed by atoms with Gasteiger partial charge in [0.15, 0.2) is 0 Å². The molecule has 1 heterocycles. The average molecular weight is 277 g/mol. The molecule has 0 aliphatic heterocycles. The van der Waals surface area contributed by atoms with Gasteiger partial charge in [-0.15, -0.1) is 0 Å². The van der Waals surface area contributed by atoms with E-state index in [9.17, 15) is 0 Å². The molecule has 0 radical (unpaired) electrons. The third-order valence-corrected chi connectivity index (χ3v) is 3.74. The zero-order valence-corrected chi connectivity index (χ0v) is 13.7. The van der Waals surface area contributed by atoms with Crippen molar-refractivity contribution in [3.63, 3.8) is 0 Å². The molecule has 1 rings (SSSR count). The molecular weight excluding hydrogens is 246 g/mol. The summed E-state index contributed by atoms with van der Waals surface area (Å²) in [5.74, 6) is 1.13. The lowest BCUT2D eigenvalue weighted by Gasteiger charge is -2.30. The summed E-state index contributed by atoms with van der Waals surface area (Å²) in [6.45, 7) is 12.1. The fourth-order valence-corrected chi connectivity index (χ4v) is 2.25. The van der Waals surface area contributed by atoms with Gasteiger partial charge in [0.1, 0.15) is 5.82 Å². The Balaban J connectivity index is 2.76. The van der Waals surface area contributed by atoms with Crippen molar-refractivity contribution in [3.8, 4) is 0 Å². The second-order valence-corrected chi connectivity index (χ2v) is 5.50. The van der Waals surface area contributed by atoms with E-state index in [-0.39, 0.29) is 0 Å². The Labute approximate surface area is 124 Å². The molecule has 0 bridgehead atoms. The molecule has 1 unspecified atom stereocenters. The fraction of sp³-hybridized carbons (Fsp3) is 0.706. The third-order valence-electron chi connectivity index (χ3n) is 3.74. The van der Waals surface area contributed by atoms with E-state index in [2.05, 4.69) is 55.0 Å². The van der Waals surface area contributed by atoms with Crippen LogP contribution in [-0.2, 0) is 6.54 Å². The molecule has 0 aliphatic carbocycles. The van der Waals surface area contributed by atoms with Gasteiger partial charge in [0.25, 0.3) is 0 Å². The Morgan fingerprint density at radius 2 is 2.05 bits per heavy atom. The van der Waals surface area contributed by atoms with Crippen LogP contribution in [0.4, 0.5) is 5.82 Å². The van der Waals surface area contributed by atoms with Gasteiger partial charge < -0.3 is 10.2 Å². The quantitative estimate of drug-likeness (QED) is 0.656. The fourth-order valence-electron chi connectivity index (χ4n) is 2.25. The standard InChI is InChI=1S/C17H31N3/c1-5-8-12-20(15(4)7-3)17-13-16(9-11-19-17)14-18-10-6-2/h9,11,13,15,18H,5-8,10,12,14H2,1-4H3. The van der Waals surface area contributed by atoms with Crippen molar-refractivity contribution in [3.05, 3.63) is 23.9 Å². The van der Waals surface area contributed by atoms with Gasteiger partial charge in [0.2, 0.25) is 0 Å². The number of hydrogen-bond acceptors (Lipinski definition) is 3. The minimum absolute atomic E-state index is 0.549. The van der Waals surface area contributed by atoms with Crippen molar-refractivity contribution in [2.45, 2.75) is 66.0 Å². The molecule has 0 fully saturated rings. The van der Waals surface area contributed by atoms with Gasteiger partial charge in [0, 0.05) is 25.3 Å². The van der Waals surface area contributed by atoms with E-state index >= 15 is 0 Å². The van der Waals surface area contributed by atoms with Crippen LogP contribution in [0, 0.1) is 0 Å². The van der Waals surface area contributed by atoms with Crippen molar-refractivity contribution >= 4 is 5.82 Å². The van der Waals surface area contributed by atoms with Crippen LogP contribution in [0.3, 0.4) is 0 Å². The largest absolute Gasteiger partial charge is 0.354 e. The van der Waals surface area contributed by atoms with Gasteiger partial charge in [-0.2, -0.15) is 0 Å². The number of nitrogens with one attached hydrogen (secondary N) is 1. The van der Waals surface area contributed by atoms with Crippen molar-refractivity contribution in [1.29, 1.82) is 0 Å². The lowest BCUT2D eigenvalue weighted by molar-refractivity contribution is 0.588. The van der Waals surface area contributed by atoms with Gasteiger partial charge in [-0.25, -0.2) is 4.98 Å². The molecule has 0 saturated carbocycles. The maximum atomic E-state index is 4.59. The van der Waals surface area contributed by atoms with E-state index in [0.717, 1.165) is 31.9 Å². The van der Waals surface area contributed by atoms with E-state index in [1.54, 1.807) is 0 Å². The van der Waals surface area contributed by atoms with Crippen LogP contribution in [0.2, 0.25) is 0 Å². The summed E-state index contributed by atoms with van der Waals surface area (Å²) in [5, 5.41) is 3.46. The van der Waals surface area contributed by atoms with Crippen LogP contribution in [0.15, 0.2) is 18.3 Å². The van der Waals surface area contributed by atoms with Gasteiger partial charge in [-0.1, -0.05) is 27.2 Å². The van der Waals surface area contributed by atoms with Gasteiger partial charge in [0.05, 0.1) is 0 Å². The average Bonchev–Trinajstić information content (AvgIpc) is 2.48. The lowest BCUT2D eigenvalue weighted by atomic mass is 10.1. The minimum Gasteiger partial charge on any atom is -0.354 e.